The number of nitrogens with one attached hydrogen (secondary N) is 2. The lowest BCUT2D eigenvalue weighted by Crippen LogP contribution is -2.28. The number of H-pyrrole nitrogens is 1. The number of carbonyl (C=O) groups excluding carboxylic acids is 1. The quantitative estimate of drug-likeness (QED) is 0.869. The van der Waals surface area contributed by atoms with Crippen molar-refractivity contribution in [3.63, 3.8) is 0 Å². The van der Waals surface area contributed by atoms with E-state index < -0.39 is 0 Å². The second kappa shape index (κ2) is 4.80. The molecule has 1 aliphatic rings. The minimum atomic E-state index is 0.202. The van der Waals surface area contributed by atoms with Crippen molar-refractivity contribution in [1.82, 2.24) is 15.3 Å². The highest BCUT2D eigenvalue weighted by Crippen LogP contribution is 2.24. The van der Waals surface area contributed by atoms with Crippen molar-refractivity contribution in [2.45, 2.75) is 32.2 Å². The first-order chi connectivity index (χ1) is 8.84. The van der Waals surface area contributed by atoms with Gasteiger partial charge in [0.1, 0.15) is 5.65 Å². The van der Waals surface area contributed by atoms with Gasteiger partial charge in [-0.25, -0.2) is 4.98 Å². The summed E-state index contributed by atoms with van der Waals surface area (Å²) in [5, 5.41) is 4.13. The summed E-state index contributed by atoms with van der Waals surface area (Å²) in [6.45, 7) is 0.589. The first-order valence-electron chi connectivity index (χ1n) is 6.53. The molecule has 0 bridgehead atoms. The fraction of sp³-hybridized carbons (Fsp3) is 0.429. The number of fused-ring (bicyclic) bond motifs is 1. The molecule has 0 atom stereocenters. The third kappa shape index (κ3) is 2.10. The average Bonchev–Trinajstić information content (AvgIpc) is 3.05. The maximum Gasteiger partial charge on any atom is 0.223 e. The molecule has 0 saturated heterocycles. The zero-order valence-electron chi connectivity index (χ0n) is 10.3. The van der Waals surface area contributed by atoms with Gasteiger partial charge in [-0.2, -0.15) is 0 Å². The van der Waals surface area contributed by atoms with Gasteiger partial charge in [0, 0.05) is 30.2 Å². The first-order valence-corrected chi connectivity index (χ1v) is 6.53. The molecule has 3 rings (SSSR count). The van der Waals surface area contributed by atoms with Crippen molar-refractivity contribution in [2.75, 3.05) is 0 Å². The molecule has 0 unspecified atom stereocenters. The fourth-order valence-corrected chi connectivity index (χ4v) is 2.69. The molecule has 0 aliphatic heterocycles. The zero-order chi connectivity index (χ0) is 12.4. The predicted molar refractivity (Wildman–Crippen MR) is 69.9 cm³/mol. The van der Waals surface area contributed by atoms with Crippen molar-refractivity contribution < 1.29 is 4.79 Å². The van der Waals surface area contributed by atoms with Crippen LogP contribution in [0.4, 0.5) is 0 Å². The molecule has 94 valence electrons. The summed E-state index contributed by atoms with van der Waals surface area (Å²) in [7, 11) is 0. The van der Waals surface area contributed by atoms with Crippen molar-refractivity contribution in [1.29, 1.82) is 0 Å². The van der Waals surface area contributed by atoms with Gasteiger partial charge in [0.2, 0.25) is 5.91 Å². The molecule has 2 N–H and O–H groups in total. The van der Waals surface area contributed by atoms with Crippen LogP contribution in [-0.2, 0) is 11.3 Å². The topological polar surface area (TPSA) is 57.8 Å². The third-order valence-electron chi connectivity index (χ3n) is 3.73. The Labute approximate surface area is 106 Å². The summed E-state index contributed by atoms with van der Waals surface area (Å²) < 4.78 is 0. The molecule has 4 heteroatoms. The van der Waals surface area contributed by atoms with Crippen LogP contribution in [0.3, 0.4) is 0 Å². The number of hydrogen-bond donors (Lipinski definition) is 2. The van der Waals surface area contributed by atoms with Gasteiger partial charge in [0.05, 0.1) is 0 Å². The summed E-state index contributed by atoms with van der Waals surface area (Å²) >= 11 is 0. The maximum atomic E-state index is 12.0. The normalized spacial score (nSPS) is 16.2. The standard InChI is InChI=1S/C14H17N3O/c18-14(10-3-1-2-4-10)17-9-11-5-7-15-13-12(11)6-8-16-13/h5-8,10H,1-4,9H2,(H,15,16)(H,17,18). The van der Waals surface area contributed by atoms with Gasteiger partial charge in [-0.05, 0) is 30.5 Å². The van der Waals surface area contributed by atoms with Crippen LogP contribution in [0, 0.1) is 5.92 Å². The van der Waals surface area contributed by atoms with E-state index in [4.69, 9.17) is 0 Å². The van der Waals surface area contributed by atoms with Crippen molar-refractivity contribution >= 4 is 16.9 Å². The number of aromatic nitrogens is 2. The van der Waals surface area contributed by atoms with Gasteiger partial charge >= 0.3 is 0 Å². The van der Waals surface area contributed by atoms with Gasteiger partial charge in [-0.1, -0.05) is 12.8 Å². The maximum absolute atomic E-state index is 12.0. The molecule has 0 radical (unpaired) electrons. The lowest BCUT2D eigenvalue weighted by molar-refractivity contribution is -0.124. The predicted octanol–water partition coefficient (Wildman–Crippen LogP) is 2.37. The summed E-state index contributed by atoms with van der Waals surface area (Å²) in [4.78, 5) is 19.3. The highest BCUT2D eigenvalue weighted by atomic mass is 16.1. The summed E-state index contributed by atoms with van der Waals surface area (Å²) in [6, 6.07) is 3.96. The molecule has 2 aromatic rings. The van der Waals surface area contributed by atoms with Crippen LogP contribution in [0.2, 0.25) is 0 Å². The Bertz CT molecular complexity index is 555. The fourth-order valence-electron chi connectivity index (χ4n) is 2.69. The number of nitrogens with zero attached hydrogens (tertiary/aromatic N) is 1. The Morgan fingerprint density at radius 3 is 3.06 bits per heavy atom. The lowest BCUT2D eigenvalue weighted by Gasteiger charge is -2.10. The van der Waals surface area contributed by atoms with Crippen LogP contribution in [0.1, 0.15) is 31.2 Å². The Balaban J connectivity index is 1.69. The van der Waals surface area contributed by atoms with E-state index in [0.717, 1.165) is 29.4 Å². The minimum Gasteiger partial charge on any atom is -0.352 e. The van der Waals surface area contributed by atoms with E-state index in [2.05, 4.69) is 15.3 Å². The highest BCUT2D eigenvalue weighted by molar-refractivity contribution is 5.81. The largest absolute Gasteiger partial charge is 0.352 e. The highest BCUT2D eigenvalue weighted by Gasteiger charge is 2.22. The molecule has 1 fully saturated rings. The molecule has 1 saturated carbocycles. The molecule has 0 aromatic carbocycles. The van der Waals surface area contributed by atoms with Crippen LogP contribution in [0.15, 0.2) is 24.5 Å². The van der Waals surface area contributed by atoms with Crippen LogP contribution in [0.25, 0.3) is 11.0 Å². The Morgan fingerprint density at radius 1 is 1.39 bits per heavy atom. The zero-order valence-corrected chi connectivity index (χ0v) is 10.3. The smallest absolute Gasteiger partial charge is 0.223 e. The van der Waals surface area contributed by atoms with Crippen LogP contribution in [-0.4, -0.2) is 15.9 Å². The van der Waals surface area contributed by atoms with E-state index in [1.807, 2.05) is 18.3 Å². The molecule has 4 nitrogen and oxygen atoms in total. The Morgan fingerprint density at radius 2 is 2.22 bits per heavy atom. The van der Waals surface area contributed by atoms with Gasteiger partial charge < -0.3 is 10.3 Å². The number of pyridine rings is 1. The molecule has 2 aromatic heterocycles. The van der Waals surface area contributed by atoms with E-state index in [1.165, 1.54) is 12.8 Å². The lowest BCUT2D eigenvalue weighted by atomic mass is 10.1. The van der Waals surface area contributed by atoms with E-state index in [1.54, 1.807) is 6.20 Å². The molecule has 0 spiro atoms. The van der Waals surface area contributed by atoms with Crippen molar-refractivity contribution in [3.05, 3.63) is 30.1 Å². The summed E-state index contributed by atoms with van der Waals surface area (Å²) in [5.74, 6) is 0.432. The van der Waals surface area contributed by atoms with E-state index in [0.29, 0.717) is 6.54 Å². The molecular weight excluding hydrogens is 226 g/mol. The van der Waals surface area contributed by atoms with Gasteiger partial charge in [-0.3, -0.25) is 4.79 Å². The van der Waals surface area contributed by atoms with E-state index >= 15 is 0 Å². The van der Waals surface area contributed by atoms with Crippen molar-refractivity contribution in [2.24, 2.45) is 5.92 Å². The van der Waals surface area contributed by atoms with Gasteiger partial charge in [0.15, 0.2) is 0 Å². The van der Waals surface area contributed by atoms with Crippen LogP contribution >= 0.6 is 0 Å². The van der Waals surface area contributed by atoms with Crippen LogP contribution in [0.5, 0.6) is 0 Å². The Hall–Kier alpha value is -1.84. The number of carbonyl (C=O) groups is 1. The molecule has 18 heavy (non-hydrogen) atoms. The second-order valence-corrected chi connectivity index (χ2v) is 4.91. The second-order valence-electron chi connectivity index (χ2n) is 4.91. The third-order valence-corrected chi connectivity index (χ3v) is 3.73. The van der Waals surface area contributed by atoms with E-state index in [-0.39, 0.29) is 11.8 Å². The first kappa shape index (κ1) is 11.3. The molecule has 1 aliphatic carbocycles. The number of aromatic amines is 1. The Kier molecular flexibility index (Phi) is 3.00. The van der Waals surface area contributed by atoms with Crippen molar-refractivity contribution in [3.8, 4) is 0 Å². The van der Waals surface area contributed by atoms with Crippen LogP contribution < -0.4 is 5.32 Å². The minimum absolute atomic E-state index is 0.202. The number of rotatable bonds is 3. The van der Waals surface area contributed by atoms with E-state index in [9.17, 15) is 4.79 Å². The van der Waals surface area contributed by atoms with Gasteiger partial charge in [0.25, 0.3) is 0 Å². The molecule has 2 heterocycles. The average molecular weight is 243 g/mol. The van der Waals surface area contributed by atoms with Gasteiger partial charge in [-0.15, -0.1) is 0 Å². The number of hydrogen-bond acceptors (Lipinski definition) is 2. The monoisotopic (exact) mass is 243 g/mol. The summed E-state index contributed by atoms with van der Waals surface area (Å²) in [6.07, 6.45) is 8.12. The molecular formula is C14H17N3O. The number of amides is 1. The SMILES string of the molecule is O=C(NCc1ccnc2[nH]ccc12)C1CCCC1. The molecule has 1 amide bonds. The summed E-state index contributed by atoms with van der Waals surface area (Å²) in [5.41, 5.74) is 2.00.